The molecular formula is C8H13NO4. The molecule has 0 aliphatic carbocycles. The van der Waals surface area contributed by atoms with E-state index in [4.69, 9.17) is 0 Å². The van der Waals surface area contributed by atoms with Crippen LogP contribution in [0.4, 0.5) is 0 Å². The van der Waals surface area contributed by atoms with E-state index < -0.39 is 11.9 Å². The summed E-state index contributed by atoms with van der Waals surface area (Å²) in [5, 5.41) is 0. The van der Waals surface area contributed by atoms with Gasteiger partial charge in [0.15, 0.2) is 0 Å². The largest absolute Gasteiger partial charge is 0.459 e. The van der Waals surface area contributed by atoms with Crippen molar-refractivity contribution in [2.24, 2.45) is 0 Å². The van der Waals surface area contributed by atoms with E-state index in [2.05, 4.69) is 22.6 Å². The summed E-state index contributed by atoms with van der Waals surface area (Å²) >= 11 is 0. The maximum absolute atomic E-state index is 10.4. The maximum atomic E-state index is 10.4. The van der Waals surface area contributed by atoms with Gasteiger partial charge in [0.1, 0.15) is 13.2 Å². The average molecular weight is 187 g/mol. The van der Waals surface area contributed by atoms with Crippen molar-refractivity contribution in [3.8, 4) is 0 Å². The lowest BCUT2D eigenvalue weighted by atomic mass is 10.6. The second-order valence-corrected chi connectivity index (χ2v) is 1.74. The second kappa shape index (κ2) is 8.48. The summed E-state index contributed by atoms with van der Waals surface area (Å²) in [6, 6.07) is 0. The Labute approximate surface area is 76.6 Å². The predicted octanol–water partition coefficient (Wildman–Crippen LogP) is 0.607. The Bertz CT molecular complexity index is 178. The van der Waals surface area contributed by atoms with Gasteiger partial charge in [0.2, 0.25) is 0 Å². The lowest BCUT2D eigenvalue weighted by molar-refractivity contribution is -0.146. The van der Waals surface area contributed by atoms with E-state index >= 15 is 0 Å². The molecule has 0 amide bonds. The summed E-state index contributed by atoms with van der Waals surface area (Å²) in [6.45, 7) is 6.45. The minimum atomic E-state index is -0.537. The first kappa shape index (κ1) is 13.9. The van der Waals surface area contributed by atoms with E-state index in [1.807, 2.05) is 0 Å². The van der Waals surface area contributed by atoms with Gasteiger partial charge in [0, 0.05) is 12.2 Å². The fourth-order valence-corrected chi connectivity index (χ4v) is 0.402. The summed E-state index contributed by atoms with van der Waals surface area (Å²) in [5.41, 5.74) is 0. The highest BCUT2D eigenvalue weighted by Crippen LogP contribution is 1.82. The number of hydrogen-bond acceptors (Lipinski definition) is 5. The van der Waals surface area contributed by atoms with Crippen molar-refractivity contribution in [2.45, 2.75) is 0 Å². The quantitative estimate of drug-likeness (QED) is 0.387. The van der Waals surface area contributed by atoms with E-state index in [1.54, 1.807) is 0 Å². The monoisotopic (exact) mass is 187 g/mol. The molecule has 0 saturated carbocycles. The van der Waals surface area contributed by atoms with Crippen LogP contribution in [0.3, 0.4) is 0 Å². The second-order valence-electron chi connectivity index (χ2n) is 1.74. The Morgan fingerprint density at radius 1 is 1.00 bits per heavy atom. The van der Waals surface area contributed by atoms with Gasteiger partial charge in [-0.1, -0.05) is 13.2 Å². The van der Waals surface area contributed by atoms with Gasteiger partial charge in [0.05, 0.1) is 0 Å². The highest BCUT2D eigenvalue weighted by molar-refractivity contribution is 5.81. The first-order valence-electron chi connectivity index (χ1n) is 3.29. The Hall–Kier alpha value is -1.62. The summed E-state index contributed by atoms with van der Waals surface area (Å²) in [6.07, 6.45) is 2.07. The highest BCUT2D eigenvalue weighted by atomic mass is 16.6. The van der Waals surface area contributed by atoms with E-state index in [-0.39, 0.29) is 19.4 Å². The molecular weight excluding hydrogens is 174 g/mol. The van der Waals surface area contributed by atoms with Crippen LogP contribution in [-0.4, -0.2) is 25.2 Å². The van der Waals surface area contributed by atoms with Crippen LogP contribution in [0.5, 0.6) is 0 Å². The lowest BCUT2D eigenvalue weighted by Gasteiger charge is -2.01. The standard InChI is InChI=1S/C8H10O4.H3N/c1-3-7(9)11-5-6-12-8(10)4-2;/h3-4H,1-2,5-6H2;1H3. The minimum Gasteiger partial charge on any atom is -0.459 e. The summed E-state index contributed by atoms with van der Waals surface area (Å²) in [4.78, 5) is 20.9. The Balaban J connectivity index is 0. The number of hydrogen-bond donors (Lipinski definition) is 1. The number of carbonyl (C=O) groups excluding carboxylic acids is 2. The van der Waals surface area contributed by atoms with Crippen LogP contribution in [0.1, 0.15) is 0 Å². The minimum absolute atomic E-state index is 0. The summed E-state index contributed by atoms with van der Waals surface area (Å²) in [7, 11) is 0. The summed E-state index contributed by atoms with van der Waals surface area (Å²) in [5.74, 6) is -1.07. The third-order valence-corrected chi connectivity index (χ3v) is 0.905. The van der Waals surface area contributed by atoms with Gasteiger partial charge >= 0.3 is 11.9 Å². The van der Waals surface area contributed by atoms with Gasteiger partial charge in [-0.15, -0.1) is 0 Å². The fourth-order valence-electron chi connectivity index (χ4n) is 0.402. The number of carbonyl (C=O) groups is 2. The van der Waals surface area contributed by atoms with Gasteiger partial charge in [-0.2, -0.15) is 0 Å². The number of ether oxygens (including phenoxy) is 2. The van der Waals surface area contributed by atoms with Gasteiger partial charge < -0.3 is 15.6 Å². The molecule has 0 aromatic rings. The Morgan fingerprint density at radius 3 is 1.54 bits per heavy atom. The van der Waals surface area contributed by atoms with Crippen molar-refractivity contribution in [1.82, 2.24) is 6.15 Å². The molecule has 0 saturated heterocycles. The third kappa shape index (κ3) is 8.28. The third-order valence-electron chi connectivity index (χ3n) is 0.905. The van der Waals surface area contributed by atoms with Crippen LogP contribution in [0.25, 0.3) is 0 Å². The van der Waals surface area contributed by atoms with E-state index in [9.17, 15) is 9.59 Å². The first-order valence-corrected chi connectivity index (χ1v) is 3.29. The zero-order valence-electron chi connectivity index (χ0n) is 7.32. The topological polar surface area (TPSA) is 87.6 Å². The van der Waals surface area contributed by atoms with Crippen LogP contribution in [-0.2, 0) is 19.1 Å². The normalized spacial score (nSPS) is 7.69. The average Bonchev–Trinajstić information content (AvgIpc) is 2.11. The molecule has 0 unspecified atom stereocenters. The van der Waals surface area contributed by atoms with Crippen molar-refractivity contribution in [3.05, 3.63) is 25.3 Å². The van der Waals surface area contributed by atoms with Crippen LogP contribution in [0, 0.1) is 0 Å². The lowest BCUT2D eigenvalue weighted by Crippen LogP contribution is -2.10. The zero-order chi connectivity index (χ0) is 9.40. The molecule has 5 nitrogen and oxygen atoms in total. The number of esters is 2. The molecule has 0 fully saturated rings. The van der Waals surface area contributed by atoms with Gasteiger partial charge in [-0.05, 0) is 0 Å². The van der Waals surface area contributed by atoms with Crippen molar-refractivity contribution in [3.63, 3.8) is 0 Å². The van der Waals surface area contributed by atoms with E-state index in [1.165, 1.54) is 0 Å². The molecule has 0 atom stereocenters. The zero-order valence-corrected chi connectivity index (χ0v) is 7.32. The maximum Gasteiger partial charge on any atom is 0.330 e. The highest BCUT2D eigenvalue weighted by Gasteiger charge is 1.97. The molecule has 0 rings (SSSR count). The van der Waals surface area contributed by atoms with Gasteiger partial charge in [-0.25, -0.2) is 9.59 Å². The van der Waals surface area contributed by atoms with Crippen LogP contribution >= 0.6 is 0 Å². The molecule has 0 aromatic carbocycles. The van der Waals surface area contributed by atoms with Gasteiger partial charge in [-0.3, -0.25) is 0 Å². The smallest absolute Gasteiger partial charge is 0.330 e. The molecule has 74 valence electrons. The molecule has 3 N–H and O–H groups in total. The van der Waals surface area contributed by atoms with Crippen molar-refractivity contribution >= 4 is 11.9 Å². The summed E-state index contributed by atoms with van der Waals surface area (Å²) < 4.78 is 9.04. The van der Waals surface area contributed by atoms with Crippen LogP contribution in [0.2, 0.25) is 0 Å². The van der Waals surface area contributed by atoms with Crippen LogP contribution < -0.4 is 6.15 Å². The molecule has 0 spiro atoms. The van der Waals surface area contributed by atoms with Crippen molar-refractivity contribution < 1.29 is 19.1 Å². The van der Waals surface area contributed by atoms with E-state index in [0.29, 0.717) is 0 Å². The Kier molecular flexibility index (Phi) is 9.09. The van der Waals surface area contributed by atoms with Crippen molar-refractivity contribution in [2.75, 3.05) is 13.2 Å². The predicted molar refractivity (Wildman–Crippen MR) is 47.3 cm³/mol. The molecule has 0 aliphatic rings. The molecule has 0 radical (unpaired) electrons. The SMILES string of the molecule is C=CC(=O)OCCOC(=O)C=C.N. The molecule has 0 aromatic heterocycles. The first-order chi connectivity index (χ1) is 5.70. The van der Waals surface area contributed by atoms with Crippen molar-refractivity contribution in [1.29, 1.82) is 0 Å². The molecule has 5 heteroatoms. The molecule has 0 heterocycles. The molecule has 0 bridgehead atoms. The van der Waals surface area contributed by atoms with Gasteiger partial charge in [0.25, 0.3) is 0 Å². The molecule has 0 aliphatic heterocycles. The van der Waals surface area contributed by atoms with E-state index in [0.717, 1.165) is 12.2 Å². The fraction of sp³-hybridized carbons (Fsp3) is 0.250. The molecule has 13 heavy (non-hydrogen) atoms. The Morgan fingerprint density at radius 2 is 1.31 bits per heavy atom. The van der Waals surface area contributed by atoms with Crippen LogP contribution in [0.15, 0.2) is 25.3 Å². The number of rotatable bonds is 5.